The van der Waals surface area contributed by atoms with Gasteiger partial charge in [0.1, 0.15) is 11.9 Å². The van der Waals surface area contributed by atoms with Gasteiger partial charge in [-0.2, -0.15) is 13.2 Å². The molecular formula is C27H26F3N5O3. The van der Waals surface area contributed by atoms with Crippen molar-refractivity contribution < 1.29 is 27.8 Å². The van der Waals surface area contributed by atoms with E-state index in [1.165, 1.54) is 6.08 Å². The molecule has 8 nitrogen and oxygen atoms in total. The summed E-state index contributed by atoms with van der Waals surface area (Å²) in [6.07, 6.45) is 9.40. The number of aromatic amines is 1. The SMILES string of the molecule is O=C(O)C1CCC(Oc2ncc(-c3ccc(-c4nc(CC5C=CC=C(C(F)(F)F)C5)c[nH]4)cn3)cn2)CC1. The monoisotopic (exact) mass is 525 g/mol. The molecule has 0 aliphatic heterocycles. The van der Waals surface area contributed by atoms with E-state index in [1.54, 1.807) is 30.9 Å². The number of alkyl halides is 3. The highest BCUT2D eigenvalue weighted by atomic mass is 19.4. The second-order valence-corrected chi connectivity index (χ2v) is 9.60. The molecule has 2 aliphatic rings. The summed E-state index contributed by atoms with van der Waals surface area (Å²) in [5.74, 6) is -0.742. The number of ether oxygens (including phenoxy) is 1. The quantitative estimate of drug-likeness (QED) is 0.415. The van der Waals surface area contributed by atoms with Crippen molar-refractivity contribution in [2.45, 2.75) is 50.8 Å². The van der Waals surface area contributed by atoms with Gasteiger partial charge in [-0.15, -0.1) is 0 Å². The zero-order valence-electron chi connectivity index (χ0n) is 20.4. The van der Waals surface area contributed by atoms with Crippen molar-refractivity contribution in [3.05, 3.63) is 66.4 Å². The van der Waals surface area contributed by atoms with Gasteiger partial charge in [0.05, 0.1) is 17.3 Å². The lowest BCUT2D eigenvalue weighted by atomic mass is 9.87. The molecule has 5 rings (SSSR count). The molecule has 1 atom stereocenters. The van der Waals surface area contributed by atoms with Crippen LogP contribution in [0.25, 0.3) is 22.6 Å². The van der Waals surface area contributed by atoms with Crippen molar-refractivity contribution in [1.29, 1.82) is 0 Å². The number of H-pyrrole nitrogens is 1. The van der Waals surface area contributed by atoms with Crippen LogP contribution < -0.4 is 4.74 Å². The smallest absolute Gasteiger partial charge is 0.412 e. The minimum absolute atomic E-state index is 0.0593. The van der Waals surface area contributed by atoms with Gasteiger partial charge in [-0.25, -0.2) is 15.0 Å². The number of aromatic nitrogens is 5. The maximum Gasteiger partial charge on any atom is 0.412 e. The number of rotatable bonds is 7. The molecule has 2 N–H and O–H groups in total. The summed E-state index contributed by atoms with van der Waals surface area (Å²) in [6.45, 7) is 0. The number of hydrogen-bond acceptors (Lipinski definition) is 6. The second-order valence-electron chi connectivity index (χ2n) is 9.60. The Morgan fingerprint density at radius 1 is 1.05 bits per heavy atom. The second kappa shape index (κ2) is 10.8. The Morgan fingerprint density at radius 2 is 1.79 bits per heavy atom. The summed E-state index contributed by atoms with van der Waals surface area (Å²) in [7, 11) is 0. The predicted molar refractivity (Wildman–Crippen MR) is 132 cm³/mol. The van der Waals surface area contributed by atoms with E-state index in [2.05, 4.69) is 24.9 Å². The van der Waals surface area contributed by atoms with Crippen molar-refractivity contribution in [2.24, 2.45) is 11.8 Å². The van der Waals surface area contributed by atoms with Gasteiger partial charge in [-0.1, -0.05) is 18.2 Å². The van der Waals surface area contributed by atoms with Crippen molar-refractivity contribution in [2.75, 3.05) is 0 Å². The third-order valence-electron chi connectivity index (χ3n) is 6.89. The van der Waals surface area contributed by atoms with Gasteiger partial charge in [0.15, 0.2) is 0 Å². The fourth-order valence-corrected chi connectivity index (χ4v) is 4.77. The maximum absolute atomic E-state index is 13.0. The molecule has 0 radical (unpaired) electrons. The van der Waals surface area contributed by atoms with Crippen LogP contribution in [0.2, 0.25) is 0 Å². The molecule has 0 bridgehead atoms. The van der Waals surface area contributed by atoms with Gasteiger partial charge in [-0.3, -0.25) is 9.78 Å². The number of hydrogen-bond donors (Lipinski definition) is 2. The van der Waals surface area contributed by atoms with Crippen molar-refractivity contribution in [1.82, 2.24) is 24.9 Å². The van der Waals surface area contributed by atoms with E-state index in [0.29, 0.717) is 54.9 Å². The normalized spacial score (nSPS) is 21.7. The third-order valence-corrected chi connectivity index (χ3v) is 6.89. The first-order chi connectivity index (χ1) is 18.2. The minimum Gasteiger partial charge on any atom is -0.481 e. The average Bonchev–Trinajstić information content (AvgIpc) is 3.38. The molecule has 3 aromatic heterocycles. The van der Waals surface area contributed by atoms with E-state index < -0.39 is 17.7 Å². The molecule has 1 fully saturated rings. The fraction of sp³-hybridized carbons (Fsp3) is 0.370. The number of allylic oxidation sites excluding steroid dienone is 4. The highest BCUT2D eigenvalue weighted by molar-refractivity contribution is 5.70. The maximum atomic E-state index is 13.0. The first-order valence-electron chi connectivity index (χ1n) is 12.4. The topological polar surface area (TPSA) is 114 Å². The lowest BCUT2D eigenvalue weighted by Gasteiger charge is -2.25. The number of aliphatic carboxylic acids is 1. The van der Waals surface area contributed by atoms with Gasteiger partial charge in [-0.05, 0) is 56.6 Å². The van der Waals surface area contributed by atoms with Crippen LogP contribution in [0.15, 0.2) is 60.7 Å². The van der Waals surface area contributed by atoms with Crippen LogP contribution in [0.1, 0.15) is 37.8 Å². The molecule has 1 saturated carbocycles. The molecular weight excluding hydrogens is 499 g/mol. The number of imidazole rings is 1. The molecule has 11 heteroatoms. The largest absolute Gasteiger partial charge is 0.481 e. The summed E-state index contributed by atoms with van der Waals surface area (Å²) in [4.78, 5) is 31.7. The molecule has 0 aromatic carbocycles. The fourth-order valence-electron chi connectivity index (χ4n) is 4.77. The Hall–Kier alpha value is -4.02. The highest BCUT2D eigenvalue weighted by Gasteiger charge is 2.35. The van der Waals surface area contributed by atoms with E-state index in [9.17, 15) is 18.0 Å². The van der Waals surface area contributed by atoms with E-state index in [-0.39, 0.29) is 30.4 Å². The van der Waals surface area contributed by atoms with Crippen molar-refractivity contribution in [3.8, 4) is 28.7 Å². The molecule has 3 aromatic rings. The minimum atomic E-state index is -4.31. The Balaban J connectivity index is 1.17. The van der Waals surface area contributed by atoms with Gasteiger partial charge in [0, 0.05) is 41.5 Å². The number of carboxylic acids is 1. The van der Waals surface area contributed by atoms with Crippen LogP contribution in [0.5, 0.6) is 6.01 Å². The lowest BCUT2D eigenvalue weighted by Crippen LogP contribution is -2.28. The molecule has 198 valence electrons. The van der Waals surface area contributed by atoms with Crippen LogP contribution in [0.4, 0.5) is 13.2 Å². The summed E-state index contributed by atoms with van der Waals surface area (Å²) in [5.41, 5.74) is 2.27. The Morgan fingerprint density at radius 3 is 2.45 bits per heavy atom. The van der Waals surface area contributed by atoms with Crippen LogP contribution in [-0.4, -0.2) is 48.3 Å². The summed E-state index contributed by atoms with van der Waals surface area (Å²) < 4.78 is 44.9. The lowest BCUT2D eigenvalue weighted by molar-refractivity contribution is -0.143. The van der Waals surface area contributed by atoms with Crippen LogP contribution in [0, 0.1) is 11.8 Å². The van der Waals surface area contributed by atoms with Crippen LogP contribution >= 0.6 is 0 Å². The van der Waals surface area contributed by atoms with E-state index >= 15 is 0 Å². The van der Waals surface area contributed by atoms with Crippen molar-refractivity contribution >= 4 is 5.97 Å². The first kappa shape index (κ1) is 25.6. The van der Waals surface area contributed by atoms with E-state index in [4.69, 9.17) is 9.84 Å². The summed E-state index contributed by atoms with van der Waals surface area (Å²) >= 11 is 0. The summed E-state index contributed by atoms with van der Waals surface area (Å²) in [5, 5.41) is 9.11. The Kier molecular flexibility index (Phi) is 7.26. The molecule has 1 unspecified atom stereocenters. The predicted octanol–water partition coefficient (Wildman–Crippen LogP) is 5.56. The zero-order chi connectivity index (χ0) is 26.7. The standard InChI is InChI=1S/C27H26F3N5O3/c28-27(29,30)20-3-1-2-16(10-20)11-21-15-32-24(35-21)18-6-9-23(31-12-18)19-13-33-26(34-14-19)38-22-7-4-17(5-8-22)25(36)37/h1-3,6,9,12-17,22H,4-5,7-8,10-11H2,(H,32,35)(H,36,37). The van der Waals surface area contributed by atoms with E-state index in [1.807, 2.05) is 12.1 Å². The van der Waals surface area contributed by atoms with Gasteiger partial charge >= 0.3 is 18.2 Å². The molecule has 2 aliphatic carbocycles. The zero-order valence-corrected chi connectivity index (χ0v) is 20.4. The number of pyridine rings is 1. The van der Waals surface area contributed by atoms with Crippen LogP contribution in [0.3, 0.4) is 0 Å². The number of halogens is 3. The van der Waals surface area contributed by atoms with Gasteiger partial charge < -0.3 is 14.8 Å². The van der Waals surface area contributed by atoms with Crippen molar-refractivity contribution in [3.63, 3.8) is 0 Å². The van der Waals surface area contributed by atoms with Gasteiger partial charge in [0.2, 0.25) is 0 Å². The molecule has 3 heterocycles. The Labute approximate surface area is 216 Å². The van der Waals surface area contributed by atoms with Crippen LogP contribution in [-0.2, 0) is 11.2 Å². The number of carboxylic acid groups (broad SMARTS) is 1. The highest BCUT2D eigenvalue weighted by Crippen LogP contribution is 2.34. The number of carbonyl (C=O) groups is 1. The number of nitrogens with one attached hydrogen (secondary N) is 1. The molecule has 0 saturated heterocycles. The van der Waals surface area contributed by atoms with Gasteiger partial charge in [0.25, 0.3) is 0 Å². The molecule has 0 spiro atoms. The Bertz CT molecular complexity index is 1330. The molecule has 38 heavy (non-hydrogen) atoms. The first-order valence-corrected chi connectivity index (χ1v) is 12.4. The molecule has 0 amide bonds. The van der Waals surface area contributed by atoms with E-state index in [0.717, 1.165) is 11.6 Å². The summed E-state index contributed by atoms with van der Waals surface area (Å²) in [6, 6.07) is 3.91. The number of nitrogens with zero attached hydrogens (tertiary/aromatic N) is 4. The average molecular weight is 526 g/mol. The third kappa shape index (κ3) is 6.09.